The molecule has 0 spiro atoms. The highest BCUT2D eigenvalue weighted by Crippen LogP contribution is 2.17. The van der Waals surface area contributed by atoms with Crippen LogP contribution in [0.15, 0.2) is 41.1 Å². The maximum Gasteiger partial charge on any atom is 0.319 e. The zero-order chi connectivity index (χ0) is 15.9. The van der Waals surface area contributed by atoms with Crippen LogP contribution < -0.4 is 15.4 Å². The molecule has 1 aromatic heterocycles. The van der Waals surface area contributed by atoms with E-state index in [1.54, 1.807) is 24.3 Å². The zero-order valence-corrected chi connectivity index (χ0v) is 13.4. The molecule has 0 aliphatic rings. The van der Waals surface area contributed by atoms with Crippen molar-refractivity contribution in [2.75, 3.05) is 11.9 Å². The van der Waals surface area contributed by atoms with E-state index in [2.05, 4.69) is 10.6 Å². The lowest BCUT2D eigenvalue weighted by Crippen LogP contribution is -2.32. The summed E-state index contributed by atoms with van der Waals surface area (Å²) in [6, 6.07) is 8.62. The van der Waals surface area contributed by atoms with E-state index in [-0.39, 0.29) is 18.7 Å². The standard InChI is InChI=1S/C16H20N2O3S/c1-11(2)21-14-5-3-13(4-6-14)18-16(20)17-9-15(19)12-7-8-22-10-12/h3-8,10-11,15,19H,9H2,1-2H3,(H2,17,18,20). The fourth-order valence-electron chi connectivity index (χ4n) is 1.84. The van der Waals surface area contributed by atoms with E-state index in [4.69, 9.17) is 4.74 Å². The summed E-state index contributed by atoms with van der Waals surface area (Å²) in [5, 5.41) is 19.0. The van der Waals surface area contributed by atoms with Crippen molar-refractivity contribution in [3.8, 4) is 5.75 Å². The van der Waals surface area contributed by atoms with Gasteiger partial charge in [0, 0.05) is 12.2 Å². The van der Waals surface area contributed by atoms with Gasteiger partial charge < -0.3 is 20.5 Å². The number of urea groups is 1. The average Bonchev–Trinajstić information content (AvgIpc) is 3.00. The molecule has 5 nitrogen and oxygen atoms in total. The Morgan fingerprint density at radius 1 is 1.27 bits per heavy atom. The molecule has 0 fully saturated rings. The monoisotopic (exact) mass is 320 g/mol. The third-order valence-electron chi connectivity index (χ3n) is 2.87. The van der Waals surface area contributed by atoms with Crippen molar-refractivity contribution in [1.82, 2.24) is 5.32 Å². The molecule has 1 heterocycles. The molecule has 2 rings (SSSR count). The molecule has 1 unspecified atom stereocenters. The number of hydrogen-bond donors (Lipinski definition) is 3. The molecule has 1 aromatic carbocycles. The number of carbonyl (C=O) groups excluding carboxylic acids is 1. The zero-order valence-electron chi connectivity index (χ0n) is 12.6. The maximum absolute atomic E-state index is 11.8. The normalized spacial score (nSPS) is 12.0. The average molecular weight is 320 g/mol. The number of rotatable bonds is 6. The van der Waals surface area contributed by atoms with Gasteiger partial charge >= 0.3 is 6.03 Å². The highest BCUT2D eigenvalue weighted by atomic mass is 32.1. The number of amides is 2. The van der Waals surface area contributed by atoms with E-state index in [1.807, 2.05) is 30.7 Å². The lowest BCUT2D eigenvalue weighted by Gasteiger charge is -2.12. The lowest BCUT2D eigenvalue weighted by atomic mass is 10.2. The van der Waals surface area contributed by atoms with Gasteiger partial charge in [-0.2, -0.15) is 11.3 Å². The summed E-state index contributed by atoms with van der Waals surface area (Å²) in [5.41, 5.74) is 1.47. The second kappa shape index (κ2) is 7.82. The summed E-state index contributed by atoms with van der Waals surface area (Å²) in [6.07, 6.45) is -0.584. The third-order valence-corrected chi connectivity index (χ3v) is 3.57. The Morgan fingerprint density at radius 2 is 2.00 bits per heavy atom. The molecule has 118 valence electrons. The number of hydrogen-bond acceptors (Lipinski definition) is 4. The van der Waals surface area contributed by atoms with Gasteiger partial charge in [-0.3, -0.25) is 0 Å². The fraction of sp³-hybridized carbons (Fsp3) is 0.312. The first kappa shape index (κ1) is 16.3. The van der Waals surface area contributed by atoms with Gasteiger partial charge in [-0.1, -0.05) is 0 Å². The van der Waals surface area contributed by atoms with Gasteiger partial charge in [0.25, 0.3) is 0 Å². The molecule has 6 heteroatoms. The topological polar surface area (TPSA) is 70.6 Å². The van der Waals surface area contributed by atoms with Crippen LogP contribution >= 0.6 is 11.3 Å². The van der Waals surface area contributed by atoms with Crippen molar-refractivity contribution < 1.29 is 14.6 Å². The molecule has 3 N–H and O–H groups in total. The number of thiophene rings is 1. The van der Waals surface area contributed by atoms with E-state index in [1.165, 1.54) is 11.3 Å². The fourth-order valence-corrected chi connectivity index (χ4v) is 2.54. The van der Waals surface area contributed by atoms with Gasteiger partial charge in [-0.15, -0.1) is 0 Å². The van der Waals surface area contributed by atoms with Gasteiger partial charge in [0.1, 0.15) is 5.75 Å². The molecule has 0 saturated carbocycles. The first-order chi connectivity index (χ1) is 10.5. The van der Waals surface area contributed by atoms with Crippen LogP contribution in [0.1, 0.15) is 25.5 Å². The predicted octanol–water partition coefficient (Wildman–Crippen LogP) is 3.39. The van der Waals surface area contributed by atoms with Crippen molar-refractivity contribution in [1.29, 1.82) is 0 Å². The van der Waals surface area contributed by atoms with Crippen LogP contribution in [0.3, 0.4) is 0 Å². The van der Waals surface area contributed by atoms with Gasteiger partial charge in [-0.25, -0.2) is 4.79 Å². The largest absolute Gasteiger partial charge is 0.491 e. The Bertz CT molecular complexity index is 582. The van der Waals surface area contributed by atoms with Crippen LogP contribution in [0, 0.1) is 0 Å². The Kier molecular flexibility index (Phi) is 5.80. The number of carbonyl (C=O) groups is 1. The van der Waals surface area contributed by atoms with Crippen molar-refractivity contribution in [2.24, 2.45) is 0 Å². The van der Waals surface area contributed by atoms with Crippen molar-refractivity contribution in [3.63, 3.8) is 0 Å². The summed E-state index contributed by atoms with van der Waals surface area (Å²) in [6.45, 7) is 4.08. The lowest BCUT2D eigenvalue weighted by molar-refractivity contribution is 0.175. The molecule has 1 atom stereocenters. The van der Waals surface area contributed by atoms with E-state index >= 15 is 0 Å². The van der Waals surface area contributed by atoms with Crippen molar-refractivity contribution in [3.05, 3.63) is 46.7 Å². The second-order valence-electron chi connectivity index (χ2n) is 5.10. The summed E-state index contributed by atoms with van der Waals surface area (Å²) in [5.74, 6) is 0.758. The Morgan fingerprint density at radius 3 is 2.59 bits per heavy atom. The SMILES string of the molecule is CC(C)Oc1ccc(NC(=O)NCC(O)c2ccsc2)cc1. The minimum absolute atomic E-state index is 0.112. The third kappa shape index (κ3) is 5.05. The molecule has 0 radical (unpaired) electrons. The van der Waals surface area contributed by atoms with E-state index in [9.17, 15) is 9.90 Å². The molecule has 0 aliphatic carbocycles. The quantitative estimate of drug-likeness (QED) is 0.764. The smallest absolute Gasteiger partial charge is 0.319 e. The molecule has 0 saturated heterocycles. The first-order valence-electron chi connectivity index (χ1n) is 7.06. The van der Waals surface area contributed by atoms with Crippen LogP contribution in [0.2, 0.25) is 0 Å². The summed E-state index contributed by atoms with van der Waals surface area (Å²) in [4.78, 5) is 11.8. The minimum Gasteiger partial charge on any atom is -0.491 e. The predicted molar refractivity (Wildman–Crippen MR) is 88.5 cm³/mol. The number of anilines is 1. The molecule has 0 aliphatic heterocycles. The summed E-state index contributed by atoms with van der Waals surface area (Å²) in [7, 11) is 0. The molecule has 2 aromatic rings. The number of benzene rings is 1. The van der Waals surface area contributed by atoms with Crippen molar-refractivity contribution in [2.45, 2.75) is 26.1 Å². The minimum atomic E-state index is -0.696. The second-order valence-corrected chi connectivity index (χ2v) is 5.88. The number of nitrogens with one attached hydrogen (secondary N) is 2. The summed E-state index contributed by atoms with van der Waals surface area (Å²) < 4.78 is 5.53. The molecular formula is C16H20N2O3S. The van der Waals surface area contributed by atoms with Gasteiger partial charge in [0.2, 0.25) is 0 Å². The van der Waals surface area contributed by atoms with Gasteiger partial charge in [0.15, 0.2) is 0 Å². The van der Waals surface area contributed by atoms with Crippen LogP contribution in [0.4, 0.5) is 10.5 Å². The number of ether oxygens (including phenoxy) is 1. The molecular weight excluding hydrogens is 300 g/mol. The summed E-state index contributed by atoms with van der Waals surface area (Å²) >= 11 is 1.51. The number of aliphatic hydroxyl groups excluding tert-OH is 1. The molecule has 2 amide bonds. The Hall–Kier alpha value is -2.05. The van der Waals surface area contributed by atoms with Gasteiger partial charge in [0.05, 0.1) is 12.2 Å². The van der Waals surface area contributed by atoms with Crippen LogP contribution in [-0.2, 0) is 0 Å². The Balaban J connectivity index is 1.79. The van der Waals surface area contributed by atoms with E-state index in [0.717, 1.165) is 11.3 Å². The van der Waals surface area contributed by atoms with Crippen LogP contribution in [-0.4, -0.2) is 23.8 Å². The number of aliphatic hydroxyl groups is 1. The first-order valence-corrected chi connectivity index (χ1v) is 8.00. The van der Waals surface area contributed by atoms with Crippen molar-refractivity contribution >= 4 is 23.1 Å². The van der Waals surface area contributed by atoms with Gasteiger partial charge in [-0.05, 0) is 60.5 Å². The molecule has 22 heavy (non-hydrogen) atoms. The Labute approximate surface area is 133 Å². The van der Waals surface area contributed by atoms with E-state index in [0.29, 0.717) is 5.69 Å². The highest BCUT2D eigenvalue weighted by molar-refractivity contribution is 7.07. The highest BCUT2D eigenvalue weighted by Gasteiger charge is 2.09. The van der Waals surface area contributed by atoms with Crippen LogP contribution in [0.5, 0.6) is 5.75 Å². The van der Waals surface area contributed by atoms with Crippen LogP contribution in [0.25, 0.3) is 0 Å². The maximum atomic E-state index is 11.8. The molecule has 0 bridgehead atoms. The van der Waals surface area contributed by atoms with E-state index < -0.39 is 6.10 Å².